The molecule has 0 unspecified atom stereocenters. The van der Waals surface area contributed by atoms with Crippen molar-refractivity contribution in [2.45, 2.75) is 18.9 Å². The van der Waals surface area contributed by atoms with Crippen molar-refractivity contribution >= 4 is 17.5 Å². The van der Waals surface area contributed by atoms with Gasteiger partial charge in [-0.25, -0.2) is 0 Å². The molecule has 0 saturated heterocycles. The largest absolute Gasteiger partial charge is 0.508 e. The Kier molecular flexibility index (Phi) is 3.86. The summed E-state index contributed by atoms with van der Waals surface area (Å²) >= 11 is 5.88. The van der Waals surface area contributed by atoms with Gasteiger partial charge in [0.05, 0.1) is 10.6 Å². The summed E-state index contributed by atoms with van der Waals surface area (Å²) in [7, 11) is 0. The van der Waals surface area contributed by atoms with Crippen molar-refractivity contribution in [2.75, 3.05) is 13.1 Å². The number of hydrogen-bond acceptors (Lipinski definition) is 3. The Labute approximate surface area is 105 Å². The molecule has 1 aromatic carbocycles. The number of amides is 1. The fraction of sp³-hybridized carbons (Fsp3) is 0.417. The van der Waals surface area contributed by atoms with Crippen LogP contribution in [0.5, 0.6) is 5.75 Å². The maximum Gasteiger partial charge on any atom is 0.252 e. The molecule has 0 atom stereocenters. The molecular weight excluding hydrogens is 240 g/mol. The highest BCUT2D eigenvalue weighted by atomic mass is 35.5. The molecule has 1 fully saturated rings. The van der Waals surface area contributed by atoms with Gasteiger partial charge in [0.1, 0.15) is 5.75 Å². The van der Waals surface area contributed by atoms with Gasteiger partial charge in [0.2, 0.25) is 0 Å². The van der Waals surface area contributed by atoms with Gasteiger partial charge in [-0.05, 0) is 31.0 Å². The highest BCUT2D eigenvalue weighted by molar-refractivity contribution is 6.33. The van der Waals surface area contributed by atoms with E-state index >= 15 is 0 Å². The van der Waals surface area contributed by atoms with E-state index in [1.807, 2.05) is 0 Å². The quantitative estimate of drug-likeness (QED) is 0.699. The second-order valence-electron chi connectivity index (χ2n) is 4.15. The number of nitrogens with one attached hydrogen (secondary N) is 2. The Morgan fingerprint density at radius 1 is 1.41 bits per heavy atom. The number of rotatable bonds is 5. The molecule has 92 valence electrons. The molecule has 1 aliphatic carbocycles. The number of aromatic hydroxyl groups is 1. The molecule has 17 heavy (non-hydrogen) atoms. The van der Waals surface area contributed by atoms with Crippen molar-refractivity contribution in [3.8, 4) is 5.75 Å². The van der Waals surface area contributed by atoms with Crippen LogP contribution >= 0.6 is 11.6 Å². The van der Waals surface area contributed by atoms with Gasteiger partial charge in [-0.2, -0.15) is 0 Å². The van der Waals surface area contributed by atoms with Crippen molar-refractivity contribution < 1.29 is 9.90 Å². The molecule has 4 nitrogen and oxygen atoms in total. The Morgan fingerprint density at radius 2 is 2.18 bits per heavy atom. The zero-order valence-corrected chi connectivity index (χ0v) is 10.1. The summed E-state index contributed by atoms with van der Waals surface area (Å²) in [6.45, 7) is 1.31. The molecule has 5 heteroatoms. The summed E-state index contributed by atoms with van der Waals surface area (Å²) in [5.74, 6) is -0.223. The van der Waals surface area contributed by atoms with Crippen LogP contribution < -0.4 is 10.6 Å². The van der Waals surface area contributed by atoms with Crippen LogP contribution in [0.3, 0.4) is 0 Å². The molecule has 1 aliphatic rings. The van der Waals surface area contributed by atoms with E-state index in [2.05, 4.69) is 10.6 Å². The van der Waals surface area contributed by atoms with Crippen LogP contribution in [0.1, 0.15) is 23.2 Å². The van der Waals surface area contributed by atoms with Crippen LogP contribution in [0.15, 0.2) is 18.2 Å². The summed E-state index contributed by atoms with van der Waals surface area (Å²) in [5.41, 5.74) is 0.304. The van der Waals surface area contributed by atoms with Crippen molar-refractivity contribution in [1.82, 2.24) is 10.6 Å². The van der Waals surface area contributed by atoms with Gasteiger partial charge >= 0.3 is 0 Å². The van der Waals surface area contributed by atoms with Crippen LogP contribution in [-0.4, -0.2) is 30.1 Å². The van der Waals surface area contributed by atoms with E-state index in [9.17, 15) is 9.90 Å². The first-order valence-electron chi connectivity index (χ1n) is 5.67. The zero-order valence-electron chi connectivity index (χ0n) is 9.37. The van der Waals surface area contributed by atoms with Crippen LogP contribution in [-0.2, 0) is 0 Å². The highest BCUT2D eigenvalue weighted by Crippen LogP contribution is 2.21. The van der Waals surface area contributed by atoms with Gasteiger partial charge in [-0.3, -0.25) is 4.79 Å². The minimum Gasteiger partial charge on any atom is -0.508 e. The lowest BCUT2D eigenvalue weighted by Gasteiger charge is -2.07. The Morgan fingerprint density at radius 3 is 2.88 bits per heavy atom. The predicted octanol–water partition coefficient (Wildman–Crippen LogP) is 1.53. The third-order valence-electron chi connectivity index (χ3n) is 2.62. The monoisotopic (exact) mass is 254 g/mol. The number of halogens is 1. The van der Waals surface area contributed by atoms with E-state index in [0.29, 0.717) is 23.2 Å². The second kappa shape index (κ2) is 5.38. The average molecular weight is 255 g/mol. The van der Waals surface area contributed by atoms with Gasteiger partial charge in [-0.15, -0.1) is 0 Å². The number of phenolic OH excluding ortho intramolecular Hbond substituents is 1. The minimum atomic E-state index is -0.261. The molecular formula is C12H15ClN2O2. The molecule has 3 N–H and O–H groups in total. The van der Waals surface area contributed by atoms with Gasteiger partial charge in [-0.1, -0.05) is 11.6 Å². The van der Waals surface area contributed by atoms with E-state index in [1.165, 1.54) is 31.0 Å². The fourth-order valence-electron chi connectivity index (χ4n) is 1.52. The Bertz CT molecular complexity index is 419. The zero-order chi connectivity index (χ0) is 12.3. The van der Waals surface area contributed by atoms with Gasteiger partial charge in [0.25, 0.3) is 5.91 Å². The molecule has 0 aromatic heterocycles. The van der Waals surface area contributed by atoms with Crippen LogP contribution in [0.25, 0.3) is 0 Å². The van der Waals surface area contributed by atoms with Crippen LogP contribution in [0.4, 0.5) is 0 Å². The van der Waals surface area contributed by atoms with Crippen LogP contribution in [0.2, 0.25) is 5.02 Å². The van der Waals surface area contributed by atoms with E-state index in [1.54, 1.807) is 0 Å². The molecule has 1 aromatic rings. The first kappa shape index (κ1) is 12.2. The molecule has 2 rings (SSSR count). The Balaban J connectivity index is 1.82. The maximum atomic E-state index is 11.7. The summed E-state index contributed by atoms with van der Waals surface area (Å²) in [5, 5.41) is 15.7. The summed E-state index contributed by atoms with van der Waals surface area (Å²) in [4.78, 5) is 11.7. The lowest BCUT2D eigenvalue weighted by atomic mass is 10.2. The molecule has 0 spiro atoms. The molecule has 0 bridgehead atoms. The first-order valence-corrected chi connectivity index (χ1v) is 6.04. The van der Waals surface area contributed by atoms with E-state index in [4.69, 9.17) is 11.6 Å². The van der Waals surface area contributed by atoms with Crippen molar-refractivity contribution in [2.24, 2.45) is 0 Å². The minimum absolute atomic E-state index is 0.0376. The summed E-state index contributed by atoms with van der Waals surface area (Å²) in [6.07, 6.45) is 2.46. The lowest BCUT2D eigenvalue weighted by Crippen LogP contribution is -2.32. The summed E-state index contributed by atoms with van der Waals surface area (Å²) < 4.78 is 0. The summed E-state index contributed by atoms with van der Waals surface area (Å²) in [6, 6.07) is 4.96. The molecule has 0 radical (unpaired) electrons. The Hall–Kier alpha value is -1.26. The molecule has 0 aliphatic heterocycles. The second-order valence-corrected chi connectivity index (χ2v) is 4.56. The van der Waals surface area contributed by atoms with Crippen LogP contribution in [0, 0.1) is 0 Å². The van der Waals surface area contributed by atoms with Crippen molar-refractivity contribution in [3.63, 3.8) is 0 Å². The van der Waals surface area contributed by atoms with E-state index in [-0.39, 0.29) is 11.7 Å². The van der Waals surface area contributed by atoms with Gasteiger partial charge in [0.15, 0.2) is 0 Å². The van der Waals surface area contributed by atoms with E-state index in [0.717, 1.165) is 6.54 Å². The maximum absolute atomic E-state index is 11.7. The van der Waals surface area contributed by atoms with Crippen molar-refractivity contribution in [3.05, 3.63) is 28.8 Å². The smallest absolute Gasteiger partial charge is 0.252 e. The topological polar surface area (TPSA) is 61.4 Å². The average Bonchev–Trinajstić information content (AvgIpc) is 3.11. The van der Waals surface area contributed by atoms with Gasteiger partial charge in [0, 0.05) is 19.1 Å². The fourth-order valence-corrected chi connectivity index (χ4v) is 1.73. The standard InChI is InChI=1S/C12H15ClN2O2/c13-11-4-3-9(16)7-10(11)12(17)15-6-5-14-8-1-2-8/h3-4,7-8,14,16H,1-2,5-6H2,(H,15,17). The third-order valence-corrected chi connectivity index (χ3v) is 2.95. The molecule has 0 heterocycles. The number of benzene rings is 1. The highest BCUT2D eigenvalue weighted by Gasteiger charge is 2.19. The molecule has 1 amide bonds. The number of hydrogen-bond donors (Lipinski definition) is 3. The SMILES string of the molecule is O=C(NCCNC1CC1)c1cc(O)ccc1Cl. The lowest BCUT2D eigenvalue weighted by molar-refractivity contribution is 0.0953. The van der Waals surface area contributed by atoms with E-state index < -0.39 is 0 Å². The predicted molar refractivity (Wildman–Crippen MR) is 66.5 cm³/mol. The normalized spacial score (nSPS) is 14.6. The number of phenols is 1. The molecule has 1 saturated carbocycles. The van der Waals surface area contributed by atoms with Gasteiger partial charge < -0.3 is 15.7 Å². The number of carbonyl (C=O) groups excluding carboxylic acids is 1. The first-order chi connectivity index (χ1) is 8.16. The third kappa shape index (κ3) is 3.61. The van der Waals surface area contributed by atoms with Crippen molar-refractivity contribution in [1.29, 1.82) is 0 Å². The number of carbonyl (C=O) groups is 1.